The van der Waals surface area contributed by atoms with Gasteiger partial charge in [0.15, 0.2) is 5.96 Å². The highest BCUT2D eigenvalue weighted by Crippen LogP contribution is 2.16. The van der Waals surface area contributed by atoms with E-state index in [1.165, 1.54) is 12.4 Å². The van der Waals surface area contributed by atoms with Crippen molar-refractivity contribution in [3.05, 3.63) is 18.2 Å². The fourth-order valence-electron chi connectivity index (χ4n) is 2.90. The number of ether oxygens (including phenoxy) is 2. The summed E-state index contributed by atoms with van der Waals surface area (Å²) >= 11 is 0. The van der Waals surface area contributed by atoms with E-state index in [0.717, 1.165) is 49.4 Å². The van der Waals surface area contributed by atoms with Crippen LogP contribution in [-0.2, 0) is 16.0 Å². The highest BCUT2D eigenvalue weighted by molar-refractivity contribution is 5.80. The van der Waals surface area contributed by atoms with Crippen molar-refractivity contribution < 1.29 is 18.3 Å². The summed E-state index contributed by atoms with van der Waals surface area (Å²) in [6.07, 6.45) is 5.64. The van der Waals surface area contributed by atoms with Gasteiger partial charge in [-0.05, 0) is 26.2 Å². The molecule has 2 heterocycles. The lowest BCUT2D eigenvalue weighted by atomic mass is 10.1. The molecule has 0 bridgehead atoms. The highest BCUT2D eigenvalue weighted by Gasteiger charge is 2.22. The molecule has 2 rings (SSSR count). The molecule has 9 heteroatoms. The number of rotatable bonds is 9. The van der Waals surface area contributed by atoms with Crippen LogP contribution < -0.4 is 5.32 Å². The standard InChI is InChI=1S/C17H29F2N5O2/c1-3-20-17(22-13-15-21-7-10-24(15)16(18)19)23-8-5-14(6-9-23)26-12-4-11-25-2/h7,10,14,16H,3-6,8-9,11-13H2,1-2H3,(H,20,22). The molecule has 7 nitrogen and oxygen atoms in total. The van der Waals surface area contributed by atoms with E-state index in [1.54, 1.807) is 7.11 Å². The number of hydrogen-bond donors (Lipinski definition) is 1. The van der Waals surface area contributed by atoms with E-state index >= 15 is 0 Å². The van der Waals surface area contributed by atoms with Gasteiger partial charge in [-0.2, -0.15) is 8.78 Å². The number of hydrogen-bond acceptors (Lipinski definition) is 4. The van der Waals surface area contributed by atoms with Crippen LogP contribution in [0.2, 0.25) is 0 Å². The second kappa shape index (κ2) is 11.1. The van der Waals surface area contributed by atoms with Crippen LogP contribution in [0, 0.1) is 0 Å². The zero-order valence-electron chi connectivity index (χ0n) is 15.5. The topological polar surface area (TPSA) is 63.9 Å². The number of nitrogens with one attached hydrogen (secondary N) is 1. The quantitative estimate of drug-likeness (QED) is 0.409. The minimum absolute atomic E-state index is 0.118. The predicted molar refractivity (Wildman–Crippen MR) is 95.3 cm³/mol. The molecule has 0 saturated carbocycles. The molecule has 1 saturated heterocycles. The van der Waals surface area contributed by atoms with E-state index in [-0.39, 0.29) is 18.5 Å². The second-order valence-electron chi connectivity index (χ2n) is 6.10. The first kappa shape index (κ1) is 20.6. The lowest BCUT2D eigenvalue weighted by molar-refractivity contribution is 0.00988. The number of piperidine rings is 1. The molecular formula is C17H29F2N5O2. The second-order valence-corrected chi connectivity index (χ2v) is 6.10. The summed E-state index contributed by atoms with van der Waals surface area (Å²) < 4.78 is 37.5. The normalized spacial score (nSPS) is 16.5. The average Bonchev–Trinajstić information content (AvgIpc) is 3.12. The van der Waals surface area contributed by atoms with Crippen molar-refractivity contribution in [1.29, 1.82) is 0 Å². The predicted octanol–water partition coefficient (Wildman–Crippen LogP) is 2.26. The molecular weight excluding hydrogens is 344 g/mol. The summed E-state index contributed by atoms with van der Waals surface area (Å²) in [4.78, 5) is 10.6. The van der Waals surface area contributed by atoms with Crippen LogP contribution in [0.4, 0.5) is 8.78 Å². The van der Waals surface area contributed by atoms with Crippen molar-refractivity contribution in [2.75, 3.05) is 40.0 Å². The van der Waals surface area contributed by atoms with Crippen LogP contribution in [0.1, 0.15) is 38.6 Å². The van der Waals surface area contributed by atoms with Gasteiger partial charge < -0.3 is 19.7 Å². The van der Waals surface area contributed by atoms with Crippen LogP contribution >= 0.6 is 0 Å². The Morgan fingerprint density at radius 1 is 1.38 bits per heavy atom. The number of alkyl halides is 2. The molecule has 0 amide bonds. The van der Waals surface area contributed by atoms with Crippen LogP contribution in [0.15, 0.2) is 17.4 Å². The first-order chi connectivity index (χ1) is 12.7. The SMILES string of the molecule is CCNC(=NCc1nccn1C(F)F)N1CCC(OCCCOC)CC1. The third kappa shape index (κ3) is 6.21. The van der Waals surface area contributed by atoms with Gasteiger partial charge in [-0.1, -0.05) is 0 Å². The Bertz CT molecular complexity index is 545. The van der Waals surface area contributed by atoms with Crippen LogP contribution in [-0.4, -0.2) is 66.5 Å². The minimum Gasteiger partial charge on any atom is -0.385 e. The molecule has 1 fully saturated rings. The molecule has 1 aromatic heterocycles. The molecule has 148 valence electrons. The van der Waals surface area contributed by atoms with Gasteiger partial charge in [-0.15, -0.1) is 0 Å². The van der Waals surface area contributed by atoms with Crippen molar-refractivity contribution in [1.82, 2.24) is 19.8 Å². The summed E-state index contributed by atoms with van der Waals surface area (Å²) in [6, 6.07) is 0. The Morgan fingerprint density at radius 2 is 2.15 bits per heavy atom. The summed E-state index contributed by atoms with van der Waals surface area (Å²) in [5.74, 6) is 0.987. The summed E-state index contributed by atoms with van der Waals surface area (Å²) in [5, 5.41) is 3.23. The Balaban J connectivity index is 1.86. The van der Waals surface area contributed by atoms with Crippen molar-refractivity contribution in [3.63, 3.8) is 0 Å². The molecule has 1 aliphatic heterocycles. The number of halogens is 2. The van der Waals surface area contributed by atoms with E-state index in [2.05, 4.69) is 20.2 Å². The van der Waals surface area contributed by atoms with Crippen LogP contribution in [0.3, 0.4) is 0 Å². The van der Waals surface area contributed by atoms with Gasteiger partial charge in [0.2, 0.25) is 0 Å². The third-order valence-corrected chi connectivity index (χ3v) is 4.25. The van der Waals surface area contributed by atoms with Gasteiger partial charge in [-0.3, -0.25) is 4.57 Å². The van der Waals surface area contributed by atoms with Crippen molar-refractivity contribution >= 4 is 5.96 Å². The Morgan fingerprint density at radius 3 is 2.81 bits per heavy atom. The maximum absolute atomic E-state index is 12.9. The molecule has 1 aromatic rings. The molecule has 0 spiro atoms. The minimum atomic E-state index is -2.60. The zero-order valence-corrected chi connectivity index (χ0v) is 15.5. The Hall–Kier alpha value is -1.74. The van der Waals surface area contributed by atoms with Crippen molar-refractivity contribution in [2.45, 2.75) is 45.4 Å². The van der Waals surface area contributed by atoms with Crippen molar-refractivity contribution in [3.8, 4) is 0 Å². The van der Waals surface area contributed by atoms with Gasteiger partial charge in [0.05, 0.1) is 6.10 Å². The number of guanidine groups is 1. The van der Waals surface area contributed by atoms with Crippen LogP contribution in [0.5, 0.6) is 0 Å². The van der Waals surface area contributed by atoms with Gasteiger partial charge in [0.1, 0.15) is 12.4 Å². The van der Waals surface area contributed by atoms with E-state index in [1.807, 2.05) is 6.92 Å². The van der Waals surface area contributed by atoms with E-state index in [0.29, 0.717) is 13.2 Å². The first-order valence-electron chi connectivity index (χ1n) is 9.09. The number of methoxy groups -OCH3 is 1. The maximum Gasteiger partial charge on any atom is 0.319 e. The van der Waals surface area contributed by atoms with Gasteiger partial charge >= 0.3 is 6.55 Å². The molecule has 26 heavy (non-hydrogen) atoms. The van der Waals surface area contributed by atoms with Gasteiger partial charge in [0, 0.05) is 52.4 Å². The maximum atomic E-state index is 12.9. The van der Waals surface area contributed by atoms with Crippen molar-refractivity contribution in [2.24, 2.45) is 4.99 Å². The van der Waals surface area contributed by atoms with E-state index < -0.39 is 6.55 Å². The van der Waals surface area contributed by atoms with Crippen LogP contribution in [0.25, 0.3) is 0 Å². The molecule has 0 radical (unpaired) electrons. The largest absolute Gasteiger partial charge is 0.385 e. The Kier molecular flexibility index (Phi) is 8.76. The van der Waals surface area contributed by atoms with Gasteiger partial charge in [-0.25, -0.2) is 9.98 Å². The molecule has 1 aliphatic rings. The molecule has 1 N–H and O–H groups in total. The summed E-state index contributed by atoms with van der Waals surface area (Å²) in [7, 11) is 1.69. The average molecular weight is 373 g/mol. The monoisotopic (exact) mass is 373 g/mol. The highest BCUT2D eigenvalue weighted by atomic mass is 19.3. The number of likely N-dealkylation sites (tertiary alicyclic amines) is 1. The summed E-state index contributed by atoms with van der Waals surface area (Å²) in [6.45, 7) is 3.29. The zero-order chi connectivity index (χ0) is 18.8. The number of aliphatic imine (C=N–C) groups is 1. The number of aromatic nitrogens is 2. The van der Waals surface area contributed by atoms with E-state index in [4.69, 9.17) is 9.47 Å². The van der Waals surface area contributed by atoms with E-state index in [9.17, 15) is 8.78 Å². The Labute approximate surface area is 153 Å². The van der Waals surface area contributed by atoms with Gasteiger partial charge in [0.25, 0.3) is 0 Å². The fraction of sp³-hybridized carbons (Fsp3) is 0.765. The molecule has 0 aliphatic carbocycles. The number of nitrogens with zero attached hydrogens (tertiary/aromatic N) is 4. The molecule has 0 atom stereocenters. The smallest absolute Gasteiger partial charge is 0.319 e. The lowest BCUT2D eigenvalue weighted by Crippen LogP contribution is -2.47. The fourth-order valence-corrected chi connectivity index (χ4v) is 2.90. The first-order valence-corrected chi connectivity index (χ1v) is 9.09. The molecule has 0 aromatic carbocycles. The number of imidazole rings is 1. The molecule has 0 unspecified atom stereocenters. The third-order valence-electron chi connectivity index (χ3n) is 4.25. The lowest BCUT2D eigenvalue weighted by Gasteiger charge is -2.34. The summed E-state index contributed by atoms with van der Waals surface area (Å²) in [5.41, 5.74) is 0.